The van der Waals surface area contributed by atoms with Crippen molar-refractivity contribution in [3.63, 3.8) is 0 Å². The van der Waals surface area contributed by atoms with E-state index in [1.165, 1.54) is 0 Å². The second-order valence-corrected chi connectivity index (χ2v) is 3.51. The van der Waals surface area contributed by atoms with Crippen LogP contribution in [0.3, 0.4) is 0 Å². The van der Waals surface area contributed by atoms with Gasteiger partial charge in [-0.3, -0.25) is 4.79 Å². The Bertz CT molecular complexity index is 327. The number of anilines is 2. The predicted molar refractivity (Wildman–Crippen MR) is 51.2 cm³/mol. The summed E-state index contributed by atoms with van der Waals surface area (Å²) >= 11 is 3.35. The zero-order valence-corrected chi connectivity index (χ0v) is 7.76. The maximum absolute atomic E-state index is 10.4. The van der Waals surface area contributed by atoms with Gasteiger partial charge in [0.15, 0.2) is 12.5 Å². The van der Waals surface area contributed by atoms with Gasteiger partial charge in [0.2, 0.25) is 0 Å². The minimum absolute atomic E-state index is 0.283. The first-order chi connectivity index (χ1) is 5.79. The number of halogens is 1. The zero-order chi connectivity index (χ0) is 8.55. The summed E-state index contributed by atoms with van der Waals surface area (Å²) in [4.78, 5) is 10.4. The molecule has 0 aromatic heterocycles. The number of fused-ring (bicyclic) bond motifs is 1. The highest BCUT2D eigenvalue weighted by molar-refractivity contribution is 9.10. The molecule has 2 N–H and O–H groups in total. The Kier molecular flexibility index (Phi) is 1.77. The van der Waals surface area contributed by atoms with Crippen LogP contribution >= 0.6 is 15.9 Å². The van der Waals surface area contributed by atoms with Crippen LogP contribution in [-0.2, 0) is 4.79 Å². The fourth-order valence-corrected chi connectivity index (χ4v) is 1.56. The summed E-state index contributed by atoms with van der Waals surface area (Å²) in [6, 6.07) is 5.79. The molecule has 0 fully saturated rings. The van der Waals surface area contributed by atoms with E-state index in [9.17, 15) is 4.79 Å². The molecule has 12 heavy (non-hydrogen) atoms. The highest BCUT2D eigenvalue weighted by Gasteiger charge is 2.17. The molecule has 0 saturated carbocycles. The molecule has 2 rings (SSSR count). The molecule has 1 aliphatic rings. The zero-order valence-electron chi connectivity index (χ0n) is 6.17. The van der Waals surface area contributed by atoms with E-state index >= 15 is 0 Å². The minimum atomic E-state index is -0.283. The summed E-state index contributed by atoms with van der Waals surface area (Å²) in [5.41, 5.74) is 1.93. The Hall–Kier alpha value is -1.03. The molecule has 0 amide bonds. The van der Waals surface area contributed by atoms with Crippen LogP contribution in [0.5, 0.6) is 0 Å². The van der Waals surface area contributed by atoms with Crippen molar-refractivity contribution in [2.45, 2.75) is 6.17 Å². The molecule has 0 radical (unpaired) electrons. The lowest BCUT2D eigenvalue weighted by Gasteiger charge is -2.00. The number of carbonyl (C=O) groups is 1. The molecule has 4 heteroatoms. The fraction of sp³-hybridized carbons (Fsp3) is 0.125. The topological polar surface area (TPSA) is 41.1 Å². The monoisotopic (exact) mass is 226 g/mol. The second kappa shape index (κ2) is 2.79. The van der Waals surface area contributed by atoms with E-state index in [1.54, 1.807) is 0 Å². The van der Waals surface area contributed by atoms with Gasteiger partial charge < -0.3 is 10.6 Å². The number of hydrogen-bond acceptors (Lipinski definition) is 3. The SMILES string of the molecule is O=CC1Nc2ccc(Br)cc2N1. The molecule has 1 aromatic rings. The van der Waals surface area contributed by atoms with E-state index in [2.05, 4.69) is 26.6 Å². The number of nitrogens with one attached hydrogen (secondary N) is 2. The van der Waals surface area contributed by atoms with Gasteiger partial charge in [0.05, 0.1) is 11.4 Å². The quantitative estimate of drug-likeness (QED) is 0.719. The third-order valence-corrected chi connectivity index (χ3v) is 2.23. The standard InChI is InChI=1S/C8H7BrN2O/c9-5-1-2-6-7(3-5)11-8(4-12)10-6/h1-4,8,10-11H. The maximum Gasteiger partial charge on any atom is 0.162 e. The Morgan fingerprint density at radius 2 is 2.08 bits per heavy atom. The molecule has 1 heterocycles. The fourth-order valence-electron chi connectivity index (χ4n) is 1.20. The Morgan fingerprint density at radius 1 is 1.33 bits per heavy atom. The largest absolute Gasteiger partial charge is 0.358 e. The number of rotatable bonds is 1. The molecule has 1 unspecified atom stereocenters. The van der Waals surface area contributed by atoms with Crippen molar-refractivity contribution in [1.82, 2.24) is 0 Å². The average molecular weight is 227 g/mol. The van der Waals surface area contributed by atoms with Gasteiger partial charge in [0, 0.05) is 4.47 Å². The lowest BCUT2D eigenvalue weighted by Crippen LogP contribution is -2.22. The number of hydrogen-bond donors (Lipinski definition) is 2. The molecule has 1 aliphatic heterocycles. The van der Waals surface area contributed by atoms with Crippen LogP contribution in [0.2, 0.25) is 0 Å². The van der Waals surface area contributed by atoms with Crippen molar-refractivity contribution in [2.75, 3.05) is 10.6 Å². The molecule has 1 atom stereocenters. The van der Waals surface area contributed by atoms with Crippen LogP contribution in [0.4, 0.5) is 11.4 Å². The lowest BCUT2D eigenvalue weighted by atomic mass is 10.3. The van der Waals surface area contributed by atoms with Gasteiger partial charge in [-0.2, -0.15) is 0 Å². The van der Waals surface area contributed by atoms with Gasteiger partial charge in [0.25, 0.3) is 0 Å². The number of benzene rings is 1. The van der Waals surface area contributed by atoms with Crippen LogP contribution in [0.25, 0.3) is 0 Å². The summed E-state index contributed by atoms with van der Waals surface area (Å²) in [5.74, 6) is 0. The van der Waals surface area contributed by atoms with E-state index in [0.717, 1.165) is 22.1 Å². The average Bonchev–Trinajstić information content (AvgIpc) is 2.46. The van der Waals surface area contributed by atoms with Crippen molar-refractivity contribution in [2.24, 2.45) is 0 Å². The van der Waals surface area contributed by atoms with Crippen LogP contribution < -0.4 is 10.6 Å². The normalized spacial score (nSPS) is 19.2. The first-order valence-electron chi connectivity index (χ1n) is 3.57. The predicted octanol–water partition coefficient (Wildman–Crippen LogP) is 1.81. The van der Waals surface area contributed by atoms with E-state index in [0.29, 0.717) is 0 Å². The molecule has 0 saturated heterocycles. The minimum Gasteiger partial charge on any atom is -0.358 e. The van der Waals surface area contributed by atoms with Crippen LogP contribution in [0.15, 0.2) is 22.7 Å². The molecular formula is C8H7BrN2O. The van der Waals surface area contributed by atoms with Gasteiger partial charge in [0.1, 0.15) is 0 Å². The van der Waals surface area contributed by atoms with Gasteiger partial charge in [-0.25, -0.2) is 0 Å². The van der Waals surface area contributed by atoms with Crippen LogP contribution in [0, 0.1) is 0 Å². The summed E-state index contributed by atoms with van der Waals surface area (Å²) in [6.07, 6.45) is 0.558. The van der Waals surface area contributed by atoms with Crippen LogP contribution in [-0.4, -0.2) is 12.5 Å². The Labute approximate surface area is 78.3 Å². The molecular weight excluding hydrogens is 220 g/mol. The molecule has 0 bridgehead atoms. The lowest BCUT2D eigenvalue weighted by molar-refractivity contribution is -0.107. The summed E-state index contributed by atoms with van der Waals surface area (Å²) < 4.78 is 1.00. The van der Waals surface area contributed by atoms with E-state index in [-0.39, 0.29) is 6.17 Å². The first kappa shape index (κ1) is 7.61. The van der Waals surface area contributed by atoms with E-state index in [4.69, 9.17) is 0 Å². The van der Waals surface area contributed by atoms with Crippen LogP contribution in [0.1, 0.15) is 0 Å². The highest BCUT2D eigenvalue weighted by atomic mass is 79.9. The van der Waals surface area contributed by atoms with Gasteiger partial charge >= 0.3 is 0 Å². The van der Waals surface area contributed by atoms with E-state index in [1.807, 2.05) is 18.2 Å². The summed E-state index contributed by atoms with van der Waals surface area (Å²) in [6.45, 7) is 0. The highest BCUT2D eigenvalue weighted by Crippen LogP contribution is 2.30. The van der Waals surface area contributed by atoms with Crippen molar-refractivity contribution in [3.05, 3.63) is 22.7 Å². The molecule has 0 aliphatic carbocycles. The van der Waals surface area contributed by atoms with Crippen molar-refractivity contribution in [3.8, 4) is 0 Å². The van der Waals surface area contributed by atoms with Gasteiger partial charge in [-0.05, 0) is 18.2 Å². The molecule has 0 spiro atoms. The van der Waals surface area contributed by atoms with Crippen molar-refractivity contribution >= 4 is 33.6 Å². The number of aldehydes is 1. The molecule has 1 aromatic carbocycles. The summed E-state index contributed by atoms with van der Waals surface area (Å²) in [7, 11) is 0. The first-order valence-corrected chi connectivity index (χ1v) is 4.37. The molecule has 62 valence electrons. The maximum atomic E-state index is 10.4. The Balaban J connectivity index is 2.35. The van der Waals surface area contributed by atoms with E-state index < -0.39 is 0 Å². The third kappa shape index (κ3) is 1.18. The molecule has 3 nitrogen and oxygen atoms in total. The van der Waals surface area contributed by atoms with Crippen molar-refractivity contribution < 1.29 is 4.79 Å². The van der Waals surface area contributed by atoms with Gasteiger partial charge in [-0.15, -0.1) is 0 Å². The Morgan fingerprint density at radius 3 is 2.83 bits per heavy atom. The third-order valence-electron chi connectivity index (χ3n) is 1.74. The van der Waals surface area contributed by atoms with Gasteiger partial charge in [-0.1, -0.05) is 15.9 Å². The number of carbonyl (C=O) groups excluding carboxylic acids is 1. The smallest absolute Gasteiger partial charge is 0.162 e. The van der Waals surface area contributed by atoms with Crippen molar-refractivity contribution in [1.29, 1.82) is 0 Å². The summed E-state index contributed by atoms with van der Waals surface area (Å²) in [5, 5.41) is 6.03. The second-order valence-electron chi connectivity index (χ2n) is 2.59.